The monoisotopic (exact) mass is 377 g/mol. The standard InChI is InChI=1S/C12H16BrN5S.ClH/c1-3-8(2)16-17-11(14)18(12(15)19)10-6-4-9(13)5-7-10;/h4-7H,3H2,1-2H3,(H2,14,17)(H2,15,19);1H/b16-8+;. The lowest BCUT2D eigenvalue weighted by Crippen LogP contribution is -2.45. The number of rotatable bonds is 3. The van der Waals surface area contributed by atoms with E-state index in [0.29, 0.717) is 0 Å². The number of anilines is 1. The van der Waals surface area contributed by atoms with Gasteiger partial charge in [0.1, 0.15) is 0 Å². The van der Waals surface area contributed by atoms with Crippen molar-refractivity contribution in [2.75, 3.05) is 4.90 Å². The Morgan fingerprint density at radius 3 is 2.25 bits per heavy atom. The molecule has 0 unspecified atom stereocenters. The number of hydrogen-bond acceptors (Lipinski definition) is 3. The summed E-state index contributed by atoms with van der Waals surface area (Å²) in [6, 6.07) is 7.41. The van der Waals surface area contributed by atoms with Gasteiger partial charge in [-0.2, -0.15) is 5.10 Å². The quantitative estimate of drug-likeness (QED) is 0.367. The van der Waals surface area contributed by atoms with Crippen LogP contribution in [0.25, 0.3) is 0 Å². The van der Waals surface area contributed by atoms with E-state index in [1.807, 2.05) is 38.1 Å². The van der Waals surface area contributed by atoms with Crippen LogP contribution in [0.1, 0.15) is 20.3 Å². The van der Waals surface area contributed by atoms with Crippen LogP contribution in [0.3, 0.4) is 0 Å². The first-order valence-electron chi connectivity index (χ1n) is 5.67. The van der Waals surface area contributed by atoms with Crippen molar-refractivity contribution in [3.63, 3.8) is 0 Å². The lowest BCUT2D eigenvalue weighted by molar-refractivity contribution is 1.13. The summed E-state index contributed by atoms with van der Waals surface area (Å²) in [5, 5.41) is 8.07. The third kappa shape index (κ3) is 5.44. The van der Waals surface area contributed by atoms with Crippen LogP contribution in [0, 0.1) is 0 Å². The van der Waals surface area contributed by atoms with Crippen molar-refractivity contribution < 1.29 is 0 Å². The highest BCUT2D eigenvalue weighted by molar-refractivity contribution is 9.10. The number of benzene rings is 1. The molecule has 1 aromatic rings. The van der Waals surface area contributed by atoms with E-state index in [4.69, 9.17) is 23.7 Å². The summed E-state index contributed by atoms with van der Waals surface area (Å²) in [4.78, 5) is 1.47. The average molecular weight is 379 g/mol. The fourth-order valence-corrected chi connectivity index (χ4v) is 1.68. The van der Waals surface area contributed by atoms with Gasteiger partial charge < -0.3 is 11.5 Å². The first-order valence-corrected chi connectivity index (χ1v) is 6.87. The van der Waals surface area contributed by atoms with Gasteiger partial charge in [0, 0.05) is 10.2 Å². The fourth-order valence-electron chi connectivity index (χ4n) is 1.21. The fraction of sp³-hybridized carbons (Fsp3) is 0.250. The van der Waals surface area contributed by atoms with Gasteiger partial charge in [0.25, 0.3) is 0 Å². The largest absolute Gasteiger partial charge is 0.376 e. The maximum absolute atomic E-state index is 5.88. The molecule has 0 aliphatic rings. The number of halogens is 2. The molecule has 0 amide bonds. The van der Waals surface area contributed by atoms with Crippen molar-refractivity contribution in [3.8, 4) is 0 Å². The van der Waals surface area contributed by atoms with Crippen LogP contribution < -0.4 is 16.4 Å². The van der Waals surface area contributed by atoms with Gasteiger partial charge in [0.05, 0.1) is 5.69 Å². The Kier molecular flexibility index (Phi) is 8.36. The third-order valence-electron chi connectivity index (χ3n) is 2.37. The van der Waals surface area contributed by atoms with E-state index in [-0.39, 0.29) is 23.5 Å². The Hall–Kier alpha value is -1.18. The van der Waals surface area contributed by atoms with E-state index in [1.54, 1.807) is 0 Å². The SMILES string of the molecule is CC/C(C)=N/N=C(\N)N(C(N)=S)c1ccc(Br)cc1.Cl. The molecule has 4 N–H and O–H groups in total. The minimum atomic E-state index is 0. The number of thiocarbonyl (C=S) groups is 1. The first-order chi connectivity index (χ1) is 8.95. The zero-order chi connectivity index (χ0) is 14.4. The van der Waals surface area contributed by atoms with E-state index in [9.17, 15) is 0 Å². The summed E-state index contributed by atoms with van der Waals surface area (Å²) in [6.07, 6.45) is 0.808. The molecular formula is C12H17BrClN5S. The molecule has 1 rings (SSSR count). The molecule has 0 atom stereocenters. The topological polar surface area (TPSA) is 80.0 Å². The van der Waals surface area contributed by atoms with E-state index in [0.717, 1.165) is 22.3 Å². The van der Waals surface area contributed by atoms with Crippen LogP contribution >= 0.6 is 40.6 Å². The summed E-state index contributed by atoms with van der Waals surface area (Å²) in [5.41, 5.74) is 13.2. The van der Waals surface area contributed by atoms with E-state index < -0.39 is 0 Å². The molecule has 0 heterocycles. The Morgan fingerprint density at radius 1 is 1.25 bits per heavy atom. The lowest BCUT2D eigenvalue weighted by Gasteiger charge is -2.20. The molecule has 0 aliphatic carbocycles. The minimum Gasteiger partial charge on any atom is -0.376 e. The molecule has 0 radical (unpaired) electrons. The van der Waals surface area contributed by atoms with Gasteiger partial charge in [-0.1, -0.05) is 22.9 Å². The predicted octanol–water partition coefficient (Wildman–Crippen LogP) is 3.02. The highest BCUT2D eigenvalue weighted by Crippen LogP contribution is 2.18. The molecule has 0 aromatic heterocycles. The minimum absolute atomic E-state index is 0. The number of nitrogens with zero attached hydrogens (tertiary/aromatic N) is 3. The molecule has 0 spiro atoms. The van der Waals surface area contributed by atoms with Gasteiger partial charge in [-0.05, 0) is 49.8 Å². The molecule has 0 saturated carbocycles. The average Bonchev–Trinajstić information content (AvgIpc) is 2.38. The Balaban J connectivity index is 0.00000361. The van der Waals surface area contributed by atoms with E-state index in [2.05, 4.69) is 26.1 Å². The van der Waals surface area contributed by atoms with Crippen molar-refractivity contribution in [2.24, 2.45) is 21.7 Å². The highest BCUT2D eigenvalue weighted by atomic mass is 79.9. The molecule has 110 valence electrons. The maximum Gasteiger partial charge on any atom is 0.227 e. The Bertz CT molecular complexity index is 515. The normalized spacial score (nSPS) is 11.8. The maximum atomic E-state index is 5.88. The summed E-state index contributed by atoms with van der Waals surface area (Å²) in [5.74, 6) is 0.141. The Labute approximate surface area is 138 Å². The van der Waals surface area contributed by atoms with Crippen molar-refractivity contribution in [2.45, 2.75) is 20.3 Å². The molecule has 0 saturated heterocycles. The van der Waals surface area contributed by atoms with Crippen LogP contribution in [0.15, 0.2) is 38.9 Å². The zero-order valence-corrected chi connectivity index (χ0v) is 14.4. The predicted molar refractivity (Wildman–Crippen MR) is 95.7 cm³/mol. The van der Waals surface area contributed by atoms with Crippen LogP contribution in [0.5, 0.6) is 0 Å². The second kappa shape index (κ2) is 8.89. The first kappa shape index (κ1) is 18.8. The van der Waals surface area contributed by atoms with Gasteiger partial charge in [0.2, 0.25) is 5.96 Å². The number of nitrogens with two attached hydrogens (primary N) is 2. The second-order valence-corrected chi connectivity index (χ2v) is 5.13. The second-order valence-electron chi connectivity index (χ2n) is 3.80. The zero-order valence-electron chi connectivity index (χ0n) is 11.2. The van der Waals surface area contributed by atoms with Gasteiger partial charge in [0.15, 0.2) is 5.11 Å². The third-order valence-corrected chi connectivity index (χ3v) is 3.08. The summed E-state index contributed by atoms with van der Waals surface area (Å²) in [7, 11) is 0. The molecule has 1 aromatic carbocycles. The van der Waals surface area contributed by atoms with Gasteiger partial charge in [-0.15, -0.1) is 17.5 Å². The molecular weight excluding hydrogens is 362 g/mol. The number of hydrogen-bond donors (Lipinski definition) is 2. The molecule has 8 heteroatoms. The van der Waals surface area contributed by atoms with E-state index >= 15 is 0 Å². The van der Waals surface area contributed by atoms with E-state index in [1.165, 1.54) is 4.90 Å². The highest BCUT2D eigenvalue weighted by Gasteiger charge is 2.13. The smallest absolute Gasteiger partial charge is 0.227 e. The van der Waals surface area contributed by atoms with Crippen LogP contribution in [-0.4, -0.2) is 16.8 Å². The van der Waals surface area contributed by atoms with Gasteiger partial charge in [-0.3, -0.25) is 4.90 Å². The van der Waals surface area contributed by atoms with Gasteiger partial charge in [-0.25, -0.2) is 0 Å². The van der Waals surface area contributed by atoms with Crippen molar-refractivity contribution >= 4 is 63.0 Å². The molecule has 0 aliphatic heterocycles. The Morgan fingerprint density at radius 2 is 1.80 bits per heavy atom. The number of guanidine groups is 1. The molecule has 5 nitrogen and oxygen atoms in total. The molecule has 0 fully saturated rings. The van der Waals surface area contributed by atoms with Crippen LogP contribution in [0.2, 0.25) is 0 Å². The molecule has 20 heavy (non-hydrogen) atoms. The van der Waals surface area contributed by atoms with Gasteiger partial charge >= 0.3 is 0 Å². The van der Waals surface area contributed by atoms with Crippen LogP contribution in [-0.2, 0) is 0 Å². The summed E-state index contributed by atoms with van der Waals surface area (Å²) in [6.45, 7) is 3.87. The summed E-state index contributed by atoms with van der Waals surface area (Å²) < 4.78 is 0.953. The van der Waals surface area contributed by atoms with Crippen molar-refractivity contribution in [1.82, 2.24) is 0 Å². The van der Waals surface area contributed by atoms with Crippen LogP contribution in [0.4, 0.5) is 5.69 Å². The lowest BCUT2D eigenvalue weighted by atomic mass is 10.3. The summed E-state index contributed by atoms with van der Waals surface area (Å²) >= 11 is 8.36. The molecule has 0 bridgehead atoms. The van der Waals surface area contributed by atoms with Crippen molar-refractivity contribution in [3.05, 3.63) is 28.7 Å². The van der Waals surface area contributed by atoms with Crippen molar-refractivity contribution in [1.29, 1.82) is 0 Å².